The van der Waals surface area contributed by atoms with Gasteiger partial charge in [-0.1, -0.05) is 24.3 Å². The summed E-state index contributed by atoms with van der Waals surface area (Å²) in [5, 5.41) is 7.12. The second-order valence-corrected chi connectivity index (χ2v) is 8.97. The standard InChI is InChI=1S/C21H30N2O3.C2HF3O2/c1-17-4-2-3-5-19(17)12-20(24)23-15-21(16-23)7-6-18(14-26-21)13-22-8-10-25-11-9-22;3-2(4,5)1(6)7/h2-5,18H,6-16H2,1H3;(H,6,7). The molecule has 1 aromatic rings. The maximum absolute atomic E-state index is 12.6. The Hall–Kier alpha value is -2.17. The lowest BCUT2D eigenvalue weighted by atomic mass is 9.82. The number of amides is 1. The third-order valence-corrected chi connectivity index (χ3v) is 6.41. The monoisotopic (exact) mass is 472 g/mol. The van der Waals surface area contributed by atoms with Gasteiger partial charge in [-0.3, -0.25) is 9.69 Å². The molecule has 1 N–H and O–H groups in total. The number of carboxylic acids is 1. The van der Waals surface area contributed by atoms with Crippen molar-refractivity contribution in [3.05, 3.63) is 35.4 Å². The third-order valence-electron chi connectivity index (χ3n) is 6.41. The summed E-state index contributed by atoms with van der Waals surface area (Å²) in [5.41, 5.74) is 2.26. The molecule has 0 aromatic heterocycles. The van der Waals surface area contributed by atoms with Gasteiger partial charge in [0.05, 0.1) is 39.3 Å². The maximum atomic E-state index is 12.6. The summed E-state index contributed by atoms with van der Waals surface area (Å²) in [5.74, 6) is -1.91. The van der Waals surface area contributed by atoms with E-state index in [1.807, 2.05) is 17.0 Å². The molecule has 0 aliphatic carbocycles. The minimum Gasteiger partial charge on any atom is -0.475 e. The second kappa shape index (κ2) is 10.8. The van der Waals surface area contributed by atoms with E-state index in [1.165, 1.54) is 12.0 Å². The number of carbonyl (C=O) groups is 2. The van der Waals surface area contributed by atoms with Crippen molar-refractivity contribution >= 4 is 11.9 Å². The number of benzene rings is 1. The second-order valence-electron chi connectivity index (χ2n) is 8.97. The third kappa shape index (κ3) is 7.15. The minimum absolute atomic E-state index is 0.0666. The van der Waals surface area contributed by atoms with Crippen molar-refractivity contribution in [1.82, 2.24) is 9.80 Å². The molecule has 3 fully saturated rings. The van der Waals surface area contributed by atoms with Crippen LogP contribution in [0.2, 0.25) is 0 Å². The van der Waals surface area contributed by atoms with E-state index in [0.29, 0.717) is 12.3 Å². The zero-order chi connectivity index (χ0) is 24.1. The highest BCUT2D eigenvalue weighted by Crippen LogP contribution is 2.36. The van der Waals surface area contributed by atoms with Crippen LogP contribution >= 0.6 is 0 Å². The van der Waals surface area contributed by atoms with Crippen molar-refractivity contribution in [3.8, 4) is 0 Å². The van der Waals surface area contributed by atoms with Crippen LogP contribution in [0.25, 0.3) is 0 Å². The number of hydrogen-bond donors (Lipinski definition) is 1. The van der Waals surface area contributed by atoms with Gasteiger partial charge in [-0.15, -0.1) is 0 Å². The van der Waals surface area contributed by atoms with Crippen LogP contribution < -0.4 is 0 Å². The molecule has 1 spiro atoms. The van der Waals surface area contributed by atoms with E-state index in [2.05, 4.69) is 24.0 Å². The van der Waals surface area contributed by atoms with E-state index in [1.54, 1.807) is 0 Å². The molecular formula is C23H31F3N2O5. The number of aryl methyl sites for hydroxylation is 1. The van der Waals surface area contributed by atoms with Gasteiger partial charge in [0.15, 0.2) is 0 Å². The molecule has 1 amide bonds. The van der Waals surface area contributed by atoms with Gasteiger partial charge < -0.3 is 19.5 Å². The van der Waals surface area contributed by atoms with E-state index < -0.39 is 12.1 Å². The molecule has 0 radical (unpaired) electrons. The summed E-state index contributed by atoms with van der Waals surface area (Å²) in [7, 11) is 0. The largest absolute Gasteiger partial charge is 0.490 e. The molecule has 7 nitrogen and oxygen atoms in total. The first-order valence-corrected chi connectivity index (χ1v) is 11.1. The first-order chi connectivity index (χ1) is 15.6. The normalized spacial score (nSPS) is 22.8. The summed E-state index contributed by atoms with van der Waals surface area (Å²) in [6.07, 6.45) is -2.30. The molecule has 3 aliphatic heterocycles. The SMILES string of the molecule is Cc1ccccc1CC(=O)N1CC2(CCC(CN3CCOCC3)CO2)C1.O=C(O)C(F)(F)F. The van der Waals surface area contributed by atoms with E-state index >= 15 is 0 Å². The molecule has 33 heavy (non-hydrogen) atoms. The van der Waals surface area contributed by atoms with E-state index in [4.69, 9.17) is 19.4 Å². The van der Waals surface area contributed by atoms with Crippen LogP contribution in [0.4, 0.5) is 13.2 Å². The van der Waals surface area contributed by atoms with E-state index in [9.17, 15) is 18.0 Å². The van der Waals surface area contributed by atoms with Gasteiger partial charge in [0.25, 0.3) is 0 Å². The number of likely N-dealkylation sites (tertiary alicyclic amines) is 1. The highest BCUT2D eigenvalue weighted by molar-refractivity contribution is 5.80. The first kappa shape index (κ1) is 25.5. The Bertz CT molecular complexity index is 811. The molecule has 0 saturated carbocycles. The van der Waals surface area contributed by atoms with Gasteiger partial charge in [0.2, 0.25) is 5.91 Å². The number of carboxylic acid groups (broad SMARTS) is 1. The molecule has 184 valence electrons. The zero-order valence-electron chi connectivity index (χ0n) is 18.8. The van der Waals surface area contributed by atoms with E-state index in [0.717, 1.165) is 64.5 Å². The lowest BCUT2D eigenvalue weighted by Gasteiger charge is -2.53. The van der Waals surface area contributed by atoms with Gasteiger partial charge in [-0.25, -0.2) is 4.79 Å². The number of aliphatic carboxylic acids is 1. The Kier molecular flexibility index (Phi) is 8.36. The molecule has 1 unspecified atom stereocenters. The number of halogens is 3. The fraction of sp³-hybridized carbons (Fsp3) is 0.652. The topological polar surface area (TPSA) is 79.3 Å². The van der Waals surface area contributed by atoms with Crippen molar-refractivity contribution in [2.75, 3.05) is 52.5 Å². The number of morpholine rings is 1. The van der Waals surface area contributed by atoms with Crippen LogP contribution in [0.5, 0.6) is 0 Å². The van der Waals surface area contributed by atoms with Gasteiger partial charge >= 0.3 is 12.1 Å². The Labute approximate surface area is 191 Å². The van der Waals surface area contributed by atoms with Gasteiger partial charge in [-0.2, -0.15) is 13.2 Å². The quantitative estimate of drug-likeness (QED) is 0.726. The molecule has 4 rings (SSSR count). The predicted octanol–water partition coefficient (Wildman–Crippen LogP) is 2.51. The average Bonchev–Trinajstić information content (AvgIpc) is 2.75. The summed E-state index contributed by atoms with van der Waals surface area (Å²) < 4.78 is 43.4. The fourth-order valence-corrected chi connectivity index (χ4v) is 4.37. The van der Waals surface area contributed by atoms with Crippen molar-refractivity contribution < 1.29 is 37.3 Å². The maximum Gasteiger partial charge on any atom is 0.490 e. The highest BCUT2D eigenvalue weighted by Gasteiger charge is 2.48. The summed E-state index contributed by atoms with van der Waals surface area (Å²) >= 11 is 0. The minimum atomic E-state index is -5.08. The molecule has 3 aliphatic rings. The molecular weight excluding hydrogens is 441 g/mol. The molecule has 3 saturated heterocycles. The lowest BCUT2D eigenvalue weighted by molar-refractivity contribution is -0.192. The fourth-order valence-electron chi connectivity index (χ4n) is 4.37. The molecule has 10 heteroatoms. The molecule has 1 aromatic carbocycles. The lowest BCUT2D eigenvalue weighted by Crippen LogP contribution is -2.66. The van der Waals surface area contributed by atoms with Crippen molar-refractivity contribution in [3.63, 3.8) is 0 Å². The van der Waals surface area contributed by atoms with Crippen LogP contribution in [-0.4, -0.2) is 91.1 Å². The Morgan fingerprint density at radius 3 is 2.36 bits per heavy atom. The molecule has 3 heterocycles. The van der Waals surface area contributed by atoms with Crippen LogP contribution in [0, 0.1) is 12.8 Å². The average molecular weight is 473 g/mol. The van der Waals surface area contributed by atoms with Crippen LogP contribution in [0.1, 0.15) is 24.0 Å². The van der Waals surface area contributed by atoms with Gasteiger partial charge in [0, 0.05) is 19.6 Å². The predicted molar refractivity (Wildman–Crippen MR) is 114 cm³/mol. The number of rotatable bonds is 4. The van der Waals surface area contributed by atoms with Gasteiger partial charge in [-0.05, 0) is 36.8 Å². The summed E-state index contributed by atoms with van der Waals surface area (Å²) in [6, 6.07) is 8.15. The molecule has 1 atom stereocenters. The van der Waals surface area contributed by atoms with Crippen molar-refractivity contribution in [2.24, 2.45) is 5.92 Å². The first-order valence-electron chi connectivity index (χ1n) is 11.1. The van der Waals surface area contributed by atoms with Crippen LogP contribution in [0.3, 0.4) is 0 Å². The number of ether oxygens (including phenoxy) is 2. The zero-order valence-corrected chi connectivity index (χ0v) is 18.8. The number of carbonyl (C=O) groups excluding carboxylic acids is 1. The smallest absolute Gasteiger partial charge is 0.475 e. The van der Waals surface area contributed by atoms with Crippen LogP contribution in [-0.2, 0) is 25.5 Å². The van der Waals surface area contributed by atoms with Crippen molar-refractivity contribution in [1.29, 1.82) is 0 Å². The number of alkyl halides is 3. The van der Waals surface area contributed by atoms with E-state index in [-0.39, 0.29) is 11.5 Å². The number of hydrogen-bond acceptors (Lipinski definition) is 5. The van der Waals surface area contributed by atoms with Gasteiger partial charge in [0.1, 0.15) is 5.60 Å². The summed E-state index contributed by atoms with van der Waals surface area (Å²) in [6.45, 7) is 9.35. The number of nitrogens with zero attached hydrogens (tertiary/aromatic N) is 2. The Balaban J connectivity index is 0.000000383. The van der Waals surface area contributed by atoms with Crippen LogP contribution in [0.15, 0.2) is 24.3 Å². The Morgan fingerprint density at radius 2 is 1.82 bits per heavy atom. The molecule has 0 bridgehead atoms. The Morgan fingerprint density at radius 1 is 1.18 bits per heavy atom. The summed E-state index contributed by atoms with van der Waals surface area (Å²) in [4.78, 5) is 25.9. The highest BCUT2D eigenvalue weighted by atomic mass is 19.4. The van der Waals surface area contributed by atoms with Crippen molar-refractivity contribution in [2.45, 2.75) is 38.0 Å².